The Hall–Kier alpha value is -1.22. The summed E-state index contributed by atoms with van der Waals surface area (Å²) in [4.78, 5) is 0. The highest BCUT2D eigenvalue weighted by molar-refractivity contribution is 5.43. The molecular weight excluding hydrogens is 226 g/mol. The first kappa shape index (κ1) is 13.2. The van der Waals surface area contributed by atoms with Crippen LogP contribution in [0.5, 0.6) is 11.5 Å². The molecule has 1 aliphatic rings. The first-order valence-electron chi connectivity index (χ1n) is 6.99. The van der Waals surface area contributed by atoms with Crippen molar-refractivity contribution in [1.29, 1.82) is 0 Å². The Labute approximate surface area is 109 Å². The number of benzene rings is 1. The summed E-state index contributed by atoms with van der Waals surface area (Å²) in [6.07, 6.45) is 4.78. The number of fused-ring (bicyclic) bond motifs is 1. The van der Waals surface area contributed by atoms with Crippen LogP contribution in [0.1, 0.15) is 38.2 Å². The average Bonchev–Trinajstić information content (AvgIpc) is 2.63. The van der Waals surface area contributed by atoms with Gasteiger partial charge in [-0.2, -0.15) is 0 Å². The molecule has 0 saturated carbocycles. The summed E-state index contributed by atoms with van der Waals surface area (Å²) in [6.45, 7) is 5.72. The molecule has 0 bridgehead atoms. The molecule has 0 aromatic heterocycles. The Morgan fingerprint density at radius 1 is 1.11 bits per heavy atom. The number of ether oxygens (including phenoxy) is 2. The van der Waals surface area contributed by atoms with Gasteiger partial charge in [0.2, 0.25) is 0 Å². The molecule has 1 N–H and O–H groups in total. The number of hydrogen-bond donors (Lipinski definition) is 1. The molecule has 18 heavy (non-hydrogen) atoms. The van der Waals surface area contributed by atoms with Gasteiger partial charge in [-0.05, 0) is 30.7 Å². The molecule has 0 amide bonds. The van der Waals surface area contributed by atoms with Gasteiger partial charge in [-0.3, -0.25) is 0 Å². The van der Waals surface area contributed by atoms with E-state index >= 15 is 0 Å². The molecule has 2 rings (SSSR count). The van der Waals surface area contributed by atoms with Crippen LogP contribution in [0, 0.1) is 0 Å². The second-order valence-electron chi connectivity index (χ2n) is 4.72. The van der Waals surface area contributed by atoms with Crippen LogP contribution in [-0.4, -0.2) is 19.8 Å². The van der Waals surface area contributed by atoms with Crippen molar-refractivity contribution in [2.24, 2.45) is 0 Å². The summed E-state index contributed by atoms with van der Waals surface area (Å²) in [7, 11) is 0. The second-order valence-corrected chi connectivity index (χ2v) is 4.72. The van der Waals surface area contributed by atoms with Crippen LogP contribution in [-0.2, 0) is 6.54 Å². The largest absolute Gasteiger partial charge is 0.490 e. The molecule has 1 aliphatic heterocycles. The number of hydrogen-bond acceptors (Lipinski definition) is 3. The van der Waals surface area contributed by atoms with Gasteiger partial charge in [0.15, 0.2) is 11.5 Å². The van der Waals surface area contributed by atoms with Gasteiger partial charge >= 0.3 is 0 Å². The first-order chi connectivity index (χ1) is 8.90. The summed E-state index contributed by atoms with van der Waals surface area (Å²) in [5.41, 5.74) is 1.26. The predicted octanol–water partition coefficient (Wildman–Crippen LogP) is 3.13. The first-order valence-corrected chi connectivity index (χ1v) is 6.99. The lowest BCUT2D eigenvalue weighted by Gasteiger charge is -2.10. The molecule has 0 unspecified atom stereocenters. The van der Waals surface area contributed by atoms with Crippen LogP contribution in [0.2, 0.25) is 0 Å². The highest BCUT2D eigenvalue weighted by atomic mass is 16.5. The lowest BCUT2D eigenvalue weighted by Crippen LogP contribution is -2.14. The maximum atomic E-state index is 5.68. The van der Waals surface area contributed by atoms with Crippen molar-refractivity contribution in [2.45, 2.75) is 39.2 Å². The monoisotopic (exact) mass is 249 g/mol. The van der Waals surface area contributed by atoms with E-state index in [1.54, 1.807) is 0 Å². The van der Waals surface area contributed by atoms with Crippen LogP contribution in [0.15, 0.2) is 18.2 Å². The molecule has 1 aromatic carbocycles. The van der Waals surface area contributed by atoms with Gasteiger partial charge in [-0.15, -0.1) is 0 Å². The van der Waals surface area contributed by atoms with E-state index in [0.29, 0.717) is 0 Å². The van der Waals surface area contributed by atoms with Gasteiger partial charge in [0.25, 0.3) is 0 Å². The molecule has 0 atom stereocenters. The van der Waals surface area contributed by atoms with Crippen LogP contribution < -0.4 is 14.8 Å². The maximum Gasteiger partial charge on any atom is 0.161 e. The van der Waals surface area contributed by atoms with E-state index in [1.807, 2.05) is 6.07 Å². The summed E-state index contributed by atoms with van der Waals surface area (Å²) in [5, 5.41) is 3.46. The van der Waals surface area contributed by atoms with Gasteiger partial charge in [0.05, 0.1) is 13.2 Å². The summed E-state index contributed by atoms with van der Waals surface area (Å²) >= 11 is 0. The van der Waals surface area contributed by atoms with E-state index in [0.717, 1.165) is 44.2 Å². The molecule has 1 aromatic rings. The zero-order chi connectivity index (χ0) is 12.6. The Balaban J connectivity index is 1.84. The molecule has 0 aliphatic carbocycles. The highest BCUT2D eigenvalue weighted by Crippen LogP contribution is 2.30. The van der Waals surface area contributed by atoms with Crippen LogP contribution in [0.4, 0.5) is 0 Å². The van der Waals surface area contributed by atoms with Crippen LogP contribution in [0.3, 0.4) is 0 Å². The van der Waals surface area contributed by atoms with Crippen molar-refractivity contribution in [3.63, 3.8) is 0 Å². The Morgan fingerprint density at radius 2 is 1.94 bits per heavy atom. The summed E-state index contributed by atoms with van der Waals surface area (Å²) in [5.74, 6) is 1.77. The maximum absolute atomic E-state index is 5.68. The molecule has 0 spiro atoms. The van der Waals surface area contributed by atoms with E-state index in [2.05, 4.69) is 24.4 Å². The lowest BCUT2D eigenvalue weighted by molar-refractivity contribution is 0.297. The number of unbranched alkanes of at least 4 members (excludes halogenated alkanes) is 2. The molecular formula is C15H23NO2. The normalized spacial score (nSPS) is 14.3. The third-order valence-corrected chi connectivity index (χ3v) is 3.10. The molecule has 1 heterocycles. The molecule has 3 heteroatoms. The molecule has 0 radical (unpaired) electrons. The van der Waals surface area contributed by atoms with Crippen molar-refractivity contribution < 1.29 is 9.47 Å². The minimum absolute atomic E-state index is 0.750. The number of nitrogens with one attached hydrogen (secondary N) is 1. The van der Waals surface area contributed by atoms with E-state index in [9.17, 15) is 0 Å². The van der Waals surface area contributed by atoms with Crippen molar-refractivity contribution in [3.8, 4) is 11.5 Å². The Morgan fingerprint density at radius 3 is 2.78 bits per heavy atom. The van der Waals surface area contributed by atoms with Crippen LogP contribution >= 0.6 is 0 Å². The Kier molecular flexibility index (Phi) is 5.34. The fraction of sp³-hybridized carbons (Fsp3) is 0.600. The van der Waals surface area contributed by atoms with Crippen LogP contribution in [0.25, 0.3) is 0 Å². The summed E-state index contributed by atoms with van der Waals surface area (Å²) in [6, 6.07) is 6.22. The van der Waals surface area contributed by atoms with Crippen molar-refractivity contribution in [3.05, 3.63) is 23.8 Å². The lowest BCUT2D eigenvalue weighted by atomic mass is 10.2. The van der Waals surface area contributed by atoms with Gasteiger partial charge in [0, 0.05) is 13.0 Å². The molecule has 0 fully saturated rings. The third kappa shape index (κ3) is 3.91. The zero-order valence-corrected chi connectivity index (χ0v) is 11.2. The highest BCUT2D eigenvalue weighted by Gasteiger charge is 2.10. The summed E-state index contributed by atoms with van der Waals surface area (Å²) < 4.78 is 11.3. The van der Waals surface area contributed by atoms with E-state index in [-0.39, 0.29) is 0 Å². The SMILES string of the molecule is CCCCCNCc1ccc2c(c1)OCCCO2. The van der Waals surface area contributed by atoms with E-state index in [4.69, 9.17) is 9.47 Å². The standard InChI is InChI=1S/C15H23NO2/c1-2-3-4-8-16-12-13-6-7-14-15(11-13)18-10-5-9-17-14/h6-7,11,16H,2-5,8-10,12H2,1H3. The topological polar surface area (TPSA) is 30.5 Å². The molecule has 100 valence electrons. The smallest absolute Gasteiger partial charge is 0.161 e. The van der Waals surface area contributed by atoms with Gasteiger partial charge < -0.3 is 14.8 Å². The van der Waals surface area contributed by atoms with Crippen molar-refractivity contribution in [2.75, 3.05) is 19.8 Å². The fourth-order valence-electron chi connectivity index (χ4n) is 2.05. The van der Waals surface area contributed by atoms with Crippen molar-refractivity contribution >= 4 is 0 Å². The van der Waals surface area contributed by atoms with Gasteiger partial charge in [-0.1, -0.05) is 25.8 Å². The second kappa shape index (κ2) is 7.27. The van der Waals surface area contributed by atoms with Gasteiger partial charge in [-0.25, -0.2) is 0 Å². The third-order valence-electron chi connectivity index (χ3n) is 3.10. The molecule has 0 saturated heterocycles. The van der Waals surface area contributed by atoms with Gasteiger partial charge in [0.1, 0.15) is 0 Å². The quantitative estimate of drug-likeness (QED) is 0.786. The van der Waals surface area contributed by atoms with Crippen molar-refractivity contribution in [1.82, 2.24) is 5.32 Å². The van der Waals surface area contributed by atoms with E-state index in [1.165, 1.54) is 24.8 Å². The fourth-order valence-corrected chi connectivity index (χ4v) is 2.05. The van der Waals surface area contributed by atoms with E-state index < -0.39 is 0 Å². The average molecular weight is 249 g/mol. The minimum Gasteiger partial charge on any atom is -0.490 e. The molecule has 3 nitrogen and oxygen atoms in total. The number of rotatable bonds is 6. The predicted molar refractivity (Wildman–Crippen MR) is 73.3 cm³/mol. The zero-order valence-electron chi connectivity index (χ0n) is 11.2. The minimum atomic E-state index is 0.750. The Bertz CT molecular complexity index is 366.